The molecule has 0 radical (unpaired) electrons. The maximum absolute atomic E-state index is 12.1. The summed E-state index contributed by atoms with van der Waals surface area (Å²) < 4.78 is 5.46. The van der Waals surface area contributed by atoms with Crippen molar-refractivity contribution in [2.45, 2.75) is 6.92 Å². The molecule has 3 rings (SSSR count). The van der Waals surface area contributed by atoms with E-state index in [0.717, 1.165) is 0 Å². The van der Waals surface area contributed by atoms with E-state index < -0.39 is 5.91 Å². The number of rotatable bonds is 3. The normalized spacial score (nSPS) is 10.5. The van der Waals surface area contributed by atoms with Crippen LogP contribution in [-0.2, 0) is 4.79 Å². The van der Waals surface area contributed by atoms with Crippen LogP contribution in [0.5, 0.6) is 0 Å². The number of amides is 2. The number of pyridine rings is 1. The summed E-state index contributed by atoms with van der Waals surface area (Å²) in [7, 11) is 0. The highest BCUT2D eigenvalue weighted by Crippen LogP contribution is 2.23. The summed E-state index contributed by atoms with van der Waals surface area (Å²) in [5, 5.41) is 5.25. The number of anilines is 2. The second kappa shape index (κ2) is 6.05. The Morgan fingerprint density at radius 1 is 1.22 bits per heavy atom. The molecule has 0 unspecified atom stereocenters. The summed E-state index contributed by atoms with van der Waals surface area (Å²) in [4.78, 5) is 31.2. The zero-order valence-electron chi connectivity index (χ0n) is 12.0. The van der Waals surface area contributed by atoms with Crippen LogP contribution in [0.2, 0.25) is 5.15 Å². The van der Waals surface area contributed by atoms with Gasteiger partial charge in [0.2, 0.25) is 5.91 Å². The molecule has 0 bridgehead atoms. The van der Waals surface area contributed by atoms with Crippen molar-refractivity contribution < 1.29 is 14.0 Å². The quantitative estimate of drug-likeness (QED) is 0.719. The van der Waals surface area contributed by atoms with E-state index in [4.69, 9.17) is 16.0 Å². The monoisotopic (exact) mass is 330 g/mol. The van der Waals surface area contributed by atoms with Crippen molar-refractivity contribution in [3.63, 3.8) is 0 Å². The molecule has 116 valence electrons. The van der Waals surface area contributed by atoms with Gasteiger partial charge in [-0.05, 0) is 24.3 Å². The van der Waals surface area contributed by atoms with E-state index in [-0.39, 0.29) is 22.6 Å². The molecule has 2 aromatic heterocycles. The molecule has 2 N–H and O–H groups in total. The molecule has 23 heavy (non-hydrogen) atoms. The van der Waals surface area contributed by atoms with Crippen molar-refractivity contribution in [2.24, 2.45) is 0 Å². The molecule has 0 saturated carbocycles. The summed E-state index contributed by atoms with van der Waals surface area (Å²) in [6.07, 6.45) is 1.49. The van der Waals surface area contributed by atoms with Crippen molar-refractivity contribution in [3.8, 4) is 0 Å². The van der Waals surface area contributed by atoms with Gasteiger partial charge in [0.15, 0.2) is 5.58 Å². The van der Waals surface area contributed by atoms with Gasteiger partial charge in [0.1, 0.15) is 10.7 Å². The summed E-state index contributed by atoms with van der Waals surface area (Å²) in [5.74, 6) is -0.666. The maximum atomic E-state index is 12.1. The van der Waals surface area contributed by atoms with Gasteiger partial charge in [0.05, 0.1) is 5.56 Å². The van der Waals surface area contributed by atoms with Gasteiger partial charge >= 0.3 is 6.01 Å². The lowest BCUT2D eigenvalue weighted by Crippen LogP contribution is -2.13. The van der Waals surface area contributed by atoms with Crippen LogP contribution in [0, 0.1) is 0 Å². The van der Waals surface area contributed by atoms with E-state index in [9.17, 15) is 9.59 Å². The number of carbonyl (C=O) groups excluding carboxylic acids is 2. The molecule has 0 aliphatic carbocycles. The first-order valence-electron chi connectivity index (χ1n) is 6.63. The van der Waals surface area contributed by atoms with Crippen LogP contribution in [-0.4, -0.2) is 21.8 Å². The van der Waals surface area contributed by atoms with E-state index in [1.54, 1.807) is 30.3 Å². The third-order valence-corrected chi connectivity index (χ3v) is 3.23. The van der Waals surface area contributed by atoms with E-state index in [2.05, 4.69) is 20.6 Å². The fourth-order valence-electron chi connectivity index (χ4n) is 1.98. The van der Waals surface area contributed by atoms with E-state index >= 15 is 0 Å². The number of nitrogens with one attached hydrogen (secondary N) is 2. The lowest BCUT2D eigenvalue weighted by Gasteiger charge is -2.01. The molecule has 7 nitrogen and oxygen atoms in total. The van der Waals surface area contributed by atoms with Crippen LogP contribution in [0.4, 0.5) is 11.7 Å². The number of hydrogen-bond donors (Lipinski definition) is 2. The summed E-state index contributed by atoms with van der Waals surface area (Å²) in [6.45, 7) is 1.41. The van der Waals surface area contributed by atoms with Crippen molar-refractivity contribution in [2.75, 3.05) is 10.6 Å². The van der Waals surface area contributed by atoms with Crippen molar-refractivity contribution >= 4 is 46.2 Å². The fourth-order valence-corrected chi connectivity index (χ4v) is 2.18. The zero-order valence-corrected chi connectivity index (χ0v) is 12.7. The van der Waals surface area contributed by atoms with Gasteiger partial charge in [-0.2, -0.15) is 4.98 Å². The van der Waals surface area contributed by atoms with Gasteiger partial charge in [-0.1, -0.05) is 11.6 Å². The molecule has 0 aliphatic heterocycles. The minimum absolute atomic E-state index is 0.0323. The molecule has 0 atom stereocenters. The Bertz CT molecular complexity index is 907. The number of aromatic nitrogens is 2. The Balaban J connectivity index is 1.85. The van der Waals surface area contributed by atoms with Crippen LogP contribution < -0.4 is 10.6 Å². The summed E-state index contributed by atoms with van der Waals surface area (Å²) in [6, 6.07) is 8.17. The van der Waals surface area contributed by atoms with E-state index in [0.29, 0.717) is 16.8 Å². The minimum Gasteiger partial charge on any atom is -0.423 e. The van der Waals surface area contributed by atoms with Crippen LogP contribution in [0.3, 0.4) is 0 Å². The van der Waals surface area contributed by atoms with Crippen LogP contribution in [0.15, 0.2) is 40.9 Å². The predicted molar refractivity (Wildman–Crippen MR) is 85.5 cm³/mol. The molecule has 0 saturated heterocycles. The maximum Gasteiger partial charge on any atom is 0.302 e. The highest BCUT2D eigenvalue weighted by atomic mass is 35.5. The fraction of sp³-hybridized carbons (Fsp3) is 0.0667. The smallest absolute Gasteiger partial charge is 0.302 e. The number of fused-ring (bicyclic) bond motifs is 1. The molecular weight excluding hydrogens is 320 g/mol. The Kier molecular flexibility index (Phi) is 3.94. The SMILES string of the molecule is CC(=O)Nc1ccc2nc(NC(=O)c3cccnc3Cl)oc2c1. The average molecular weight is 331 g/mol. The molecule has 0 aliphatic rings. The van der Waals surface area contributed by atoms with Gasteiger partial charge < -0.3 is 9.73 Å². The highest BCUT2D eigenvalue weighted by molar-refractivity contribution is 6.33. The van der Waals surface area contributed by atoms with Crippen LogP contribution in [0.25, 0.3) is 11.1 Å². The standard InChI is InChI=1S/C15H11ClN4O3/c1-8(21)18-9-4-5-11-12(7-9)23-15(19-11)20-14(22)10-3-2-6-17-13(10)16/h2-7H,1H3,(H,18,21)(H,19,20,22). The first-order chi connectivity index (χ1) is 11.0. The molecule has 2 heterocycles. The van der Waals surface area contributed by atoms with Gasteiger partial charge in [-0.25, -0.2) is 4.98 Å². The second-order valence-electron chi connectivity index (χ2n) is 4.68. The molecular formula is C15H11ClN4O3. The number of benzene rings is 1. The van der Waals surface area contributed by atoms with Gasteiger partial charge in [0.25, 0.3) is 5.91 Å². The van der Waals surface area contributed by atoms with Gasteiger partial charge in [0, 0.05) is 24.9 Å². The third kappa shape index (κ3) is 3.29. The molecule has 0 spiro atoms. The number of hydrogen-bond acceptors (Lipinski definition) is 5. The van der Waals surface area contributed by atoms with E-state index in [1.807, 2.05) is 0 Å². The zero-order chi connectivity index (χ0) is 16.4. The van der Waals surface area contributed by atoms with Gasteiger partial charge in [-0.3, -0.25) is 14.9 Å². The number of nitrogens with zero attached hydrogens (tertiary/aromatic N) is 2. The Morgan fingerprint density at radius 2 is 2.04 bits per heavy atom. The van der Waals surface area contributed by atoms with Crippen molar-refractivity contribution in [3.05, 3.63) is 47.2 Å². The molecule has 3 aromatic rings. The highest BCUT2D eigenvalue weighted by Gasteiger charge is 2.14. The molecule has 8 heteroatoms. The summed E-state index contributed by atoms with van der Waals surface area (Å²) in [5.41, 5.74) is 1.78. The first kappa shape index (κ1) is 15.0. The van der Waals surface area contributed by atoms with Gasteiger partial charge in [-0.15, -0.1) is 0 Å². The van der Waals surface area contributed by atoms with Crippen LogP contribution >= 0.6 is 11.6 Å². The summed E-state index contributed by atoms with van der Waals surface area (Å²) >= 11 is 5.87. The lowest BCUT2D eigenvalue weighted by atomic mass is 10.3. The van der Waals surface area contributed by atoms with Crippen molar-refractivity contribution in [1.82, 2.24) is 9.97 Å². The van der Waals surface area contributed by atoms with E-state index in [1.165, 1.54) is 13.1 Å². The topological polar surface area (TPSA) is 97.1 Å². The largest absolute Gasteiger partial charge is 0.423 e. The number of halogens is 1. The van der Waals surface area contributed by atoms with Crippen molar-refractivity contribution in [1.29, 1.82) is 0 Å². The molecule has 1 aromatic carbocycles. The average Bonchev–Trinajstić information content (AvgIpc) is 2.88. The molecule has 0 fully saturated rings. The number of carbonyl (C=O) groups is 2. The first-order valence-corrected chi connectivity index (χ1v) is 7.01. The lowest BCUT2D eigenvalue weighted by molar-refractivity contribution is -0.114. The Labute approximate surface area is 135 Å². The minimum atomic E-state index is -0.475. The third-order valence-electron chi connectivity index (χ3n) is 2.93. The molecule has 2 amide bonds. The number of oxazole rings is 1. The van der Waals surface area contributed by atoms with Crippen LogP contribution in [0.1, 0.15) is 17.3 Å². The Morgan fingerprint density at radius 3 is 2.78 bits per heavy atom. The second-order valence-corrected chi connectivity index (χ2v) is 5.04. The Hall–Kier alpha value is -2.93. The predicted octanol–water partition coefficient (Wildman–Crippen LogP) is 3.09.